The van der Waals surface area contributed by atoms with Gasteiger partial charge in [0.1, 0.15) is 0 Å². The van der Waals surface area contributed by atoms with Crippen LogP contribution in [0.2, 0.25) is 0 Å². The first kappa shape index (κ1) is 18.4. The summed E-state index contributed by atoms with van der Waals surface area (Å²) in [4.78, 5) is 40.4. The average Bonchev–Trinajstić information content (AvgIpc) is 2.78. The molecule has 140 valence electrons. The van der Waals surface area contributed by atoms with Gasteiger partial charge in [-0.1, -0.05) is 13.8 Å². The van der Waals surface area contributed by atoms with Crippen molar-refractivity contribution < 1.29 is 19.1 Å². The molecule has 3 rings (SSSR count). The number of nitrogens with zero attached hydrogens (tertiary/aromatic N) is 2. The van der Waals surface area contributed by atoms with E-state index in [0.717, 1.165) is 0 Å². The molecule has 0 aromatic heterocycles. The van der Waals surface area contributed by atoms with Crippen molar-refractivity contribution in [3.8, 4) is 0 Å². The van der Waals surface area contributed by atoms with Gasteiger partial charge in [-0.15, -0.1) is 0 Å². The van der Waals surface area contributed by atoms with E-state index < -0.39 is 0 Å². The number of hydrogen-bond donors (Lipinski definition) is 1. The van der Waals surface area contributed by atoms with Crippen molar-refractivity contribution in [3.05, 3.63) is 29.3 Å². The van der Waals surface area contributed by atoms with Crippen LogP contribution >= 0.6 is 0 Å². The summed E-state index contributed by atoms with van der Waals surface area (Å²) in [5, 5.41) is 2.82. The highest BCUT2D eigenvalue weighted by Gasteiger charge is 2.36. The molecular formula is C19H25N3O4. The molecule has 1 aromatic carbocycles. The van der Waals surface area contributed by atoms with E-state index in [-0.39, 0.29) is 36.0 Å². The molecule has 1 fully saturated rings. The fraction of sp³-hybridized carbons (Fsp3) is 0.526. The molecular weight excluding hydrogens is 334 g/mol. The maximum absolute atomic E-state index is 12.5. The number of rotatable bonds is 3. The van der Waals surface area contributed by atoms with Gasteiger partial charge >= 0.3 is 6.03 Å². The Labute approximate surface area is 153 Å². The number of benzene rings is 1. The summed E-state index contributed by atoms with van der Waals surface area (Å²) in [5.41, 5.74) is 1.24. The molecule has 0 saturated carbocycles. The van der Waals surface area contributed by atoms with Gasteiger partial charge in [0.25, 0.3) is 11.8 Å². The first-order chi connectivity index (χ1) is 12.3. The van der Waals surface area contributed by atoms with Crippen molar-refractivity contribution in [3.63, 3.8) is 0 Å². The van der Waals surface area contributed by atoms with Crippen LogP contribution in [0.1, 0.15) is 48.4 Å². The Morgan fingerprint density at radius 1 is 1.15 bits per heavy atom. The van der Waals surface area contributed by atoms with Crippen LogP contribution in [0.15, 0.2) is 18.2 Å². The number of imide groups is 1. The van der Waals surface area contributed by atoms with Gasteiger partial charge in [0.05, 0.1) is 23.3 Å². The van der Waals surface area contributed by atoms with Crippen molar-refractivity contribution in [1.29, 1.82) is 0 Å². The molecule has 2 unspecified atom stereocenters. The molecule has 1 saturated heterocycles. The molecule has 2 aliphatic rings. The molecule has 7 heteroatoms. The second kappa shape index (κ2) is 7.07. The van der Waals surface area contributed by atoms with Gasteiger partial charge in [-0.05, 0) is 38.0 Å². The molecule has 2 heterocycles. The van der Waals surface area contributed by atoms with Crippen molar-refractivity contribution in [1.82, 2.24) is 9.80 Å². The summed E-state index contributed by atoms with van der Waals surface area (Å²) >= 11 is 0. The Morgan fingerprint density at radius 2 is 1.77 bits per heavy atom. The zero-order valence-corrected chi connectivity index (χ0v) is 15.6. The number of carbonyl (C=O) groups excluding carboxylic acids is 3. The predicted molar refractivity (Wildman–Crippen MR) is 97.2 cm³/mol. The molecule has 2 atom stereocenters. The quantitative estimate of drug-likeness (QED) is 0.842. The molecule has 0 spiro atoms. The molecule has 1 aromatic rings. The maximum Gasteiger partial charge on any atom is 0.322 e. The lowest BCUT2D eigenvalue weighted by atomic mass is 10.1. The third kappa shape index (κ3) is 3.58. The number of hydrogen-bond acceptors (Lipinski definition) is 4. The first-order valence-electron chi connectivity index (χ1n) is 8.98. The lowest BCUT2D eigenvalue weighted by molar-refractivity contribution is -0.0530. The van der Waals surface area contributed by atoms with Crippen molar-refractivity contribution >= 4 is 23.5 Å². The zero-order valence-electron chi connectivity index (χ0n) is 15.6. The SMILES string of the molecule is CC(C)CN1C(=O)c2ccc(NC(=O)N3CC(C)OC(C)C3)cc2C1=O. The summed E-state index contributed by atoms with van der Waals surface area (Å²) in [6.45, 7) is 9.19. The van der Waals surface area contributed by atoms with Crippen LogP contribution in [0, 0.1) is 5.92 Å². The van der Waals surface area contributed by atoms with E-state index in [1.54, 1.807) is 23.1 Å². The standard InChI is InChI=1S/C19H25N3O4/c1-11(2)8-22-17(23)15-6-5-14(7-16(15)18(22)24)20-19(25)21-9-12(3)26-13(4)10-21/h5-7,11-13H,8-10H2,1-4H3,(H,20,25). The lowest BCUT2D eigenvalue weighted by Gasteiger charge is -2.35. The Balaban J connectivity index is 1.74. The second-order valence-electron chi connectivity index (χ2n) is 7.47. The second-order valence-corrected chi connectivity index (χ2v) is 7.47. The maximum atomic E-state index is 12.5. The molecule has 7 nitrogen and oxygen atoms in total. The van der Waals surface area contributed by atoms with Crippen molar-refractivity contribution in [2.45, 2.75) is 39.9 Å². The number of ether oxygens (including phenoxy) is 1. The minimum Gasteiger partial charge on any atom is -0.372 e. The molecule has 26 heavy (non-hydrogen) atoms. The highest BCUT2D eigenvalue weighted by molar-refractivity contribution is 6.21. The fourth-order valence-corrected chi connectivity index (χ4v) is 3.45. The van der Waals surface area contributed by atoms with Crippen molar-refractivity contribution in [2.75, 3.05) is 25.0 Å². The Kier molecular flexibility index (Phi) is 5.00. The summed E-state index contributed by atoms with van der Waals surface area (Å²) in [6, 6.07) is 4.62. The molecule has 2 aliphatic heterocycles. The number of nitrogens with one attached hydrogen (secondary N) is 1. The number of morpholine rings is 1. The van der Waals surface area contributed by atoms with Gasteiger partial charge in [-0.2, -0.15) is 0 Å². The number of fused-ring (bicyclic) bond motifs is 1. The first-order valence-corrected chi connectivity index (χ1v) is 8.98. The summed E-state index contributed by atoms with van der Waals surface area (Å²) in [7, 11) is 0. The lowest BCUT2D eigenvalue weighted by Crippen LogP contribution is -2.49. The van der Waals surface area contributed by atoms with E-state index in [2.05, 4.69) is 5.32 Å². The molecule has 0 bridgehead atoms. The van der Waals surface area contributed by atoms with E-state index >= 15 is 0 Å². The van der Waals surface area contributed by atoms with Crippen LogP contribution in [0.3, 0.4) is 0 Å². The van der Waals surface area contributed by atoms with Gasteiger partial charge in [0.2, 0.25) is 0 Å². The monoisotopic (exact) mass is 359 g/mol. The molecule has 1 N–H and O–H groups in total. The highest BCUT2D eigenvalue weighted by Crippen LogP contribution is 2.27. The Bertz CT molecular complexity index is 736. The number of anilines is 1. The predicted octanol–water partition coefficient (Wildman–Crippen LogP) is 2.58. The van der Waals surface area contributed by atoms with Gasteiger partial charge < -0.3 is 15.0 Å². The minimum atomic E-state index is -0.302. The van der Waals surface area contributed by atoms with E-state index in [0.29, 0.717) is 36.4 Å². The summed E-state index contributed by atoms with van der Waals surface area (Å²) < 4.78 is 5.64. The normalized spacial score (nSPS) is 22.8. The van der Waals surface area contributed by atoms with Gasteiger partial charge in [0, 0.05) is 25.3 Å². The summed E-state index contributed by atoms with van der Waals surface area (Å²) in [5.74, 6) is -0.377. The third-order valence-electron chi connectivity index (χ3n) is 4.48. The van der Waals surface area contributed by atoms with Crippen LogP contribution in [0.4, 0.5) is 10.5 Å². The van der Waals surface area contributed by atoms with Crippen LogP contribution in [0.25, 0.3) is 0 Å². The van der Waals surface area contributed by atoms with Gasteiger partial charge in [0.15, 0.2) is 0 Å². The minimum absolute atomic E-state index is 0.0201. The topological polar surface area (TPSA) is 79.0 Å². The van der Waals surface area contributed by atoms with E-state index in [1.807, 2.05) is 27.7 Å². The largest absolute Gasteiger partial charge is 0.372 e. The smallest absolute Gasteiger partial charge is 0.322 e. The Morgan fingerprint density at radius 3 is 2.38 bits per heavy atom. The van der Waals surface area contributed by atoms with E-state index in [1.165, 1.54) is 4.90 Å². The highest BCUT2D eigenvalue weighted by atomic mass is 16.5. The Hall–Kier alpha value is -2.41. The van der Waals surface area contributed by atoms with Gasteiger partial charge in [-0.3, -0.25) is 14.5 Å². The average molecular weight is 359 g/mol. The van der Waals surface area contributed by atoms with E-state index in [9.17, 15) is 14.4 Å². The van der Waals surface area contributed by atoms with E-state index in [4.69, 9.17) is 4.74 Å². The number of urea groups is 1. The fourth-order valence-electron chi connectivity index (χ4n) is 3.45. The number of carbonyl (C=O) groups is 3. The van der Waals surface area contributed by atoms with Crippen LogP contribution < -0.4 is 5.32 Å². The van der Waals surface area contributed by atoms with Crippen LogP contribution in [0.5, 0.6) is 0 Å². The van der Waals surface area contributed by atoms with Crippen molar-refractivity contribution in [2.24, 2.45) is 5.92 Å². The third-order valence-corrected chi connectivity index (χ3v) is 4.48. The van der Waals surface area contributed by atoms with Crippen LogP contribution in [-0.4, -0.2) is 59.5 Å². The van der Waals surface area contributed by atoms with Crippen LogP contribution in [-0.2, 0) is 4.74 Å². The zero-order chi connectivity index (χ0) is 19.0. The number of amides is 4. The molecule has 4 amide bonds. The molecule has 0 radical (unpaired) electrons. The summed E-state index contributed by atoms with van der Waals surface area (Å²) in [6.07, 6.45) is -0.0402. The molecule has 0 aliphatic carbocycles. The van der Waals surface area contributed by atoms with Gasteiger partial charge in [-0.25, -0.2) is 4.79 Å².